The highest BCUT2D eigenvalue weighted by atomic mass is 16.5. The lowest BCUT2D eigenvalue weighted by Gasteiger charge is -2.26. The largest absolute Gasteiger partial charge is 0.494 e. The minimum atomic E-state index is 0.809. The Labute approximate surface area is 134 Å². The summed E-state index contributed by atoms with van der Waals surface area (Å²) < 4.78 is 5.90. The maximum atomic E-state index is 5.90. The average Bonchev–Trinajstić information content (AvgIpc) is 2.49. The number of rotatable bonds is 8. The molecule has 1 nitrogen and oxygen atoms in total. The summed E-state index contributed by atoms with van der Waals surface area (Å²) in [5.74, 6) is 1.82. The van der Waals surface area contributed by atoms with Crippen LogP contribution in [-0.2, 0) is 0 Å². The van der Waals surface area contributed by atoms with Crippen LogP contribution in [0.2, 0.25) is 0 Å². The van der Waals surface area contributed by atoms with Gasteiger partial charge in [0.1, 0.15) is 5.75 Å². The van der Waals surface area contributed by atoms with Crippen LogP contribution in [-0.4, -0.2) is 6.61 Å². The van der Waals surface area contributed by atoms with Gasteiger partial charge in [0, 0.05) is 0 Å². The minimum Gasteiger partial charge on any atom is -0.494 e. The Hall–Kier alpha value is -1.50. The van der Waals surface area contributed by atoms with Gasteiger partial charge in [0.15, 0.2) is 0 Å². The van der Waals surface area contributed by atoms with Gasteiger partial charge in [-0.25, -0.2) is 0 Å². The van der Waals surface area contributed by atoms with E-state index >= 15 is 0 Å². The first kappa shape index (κ1) is 15.4. The number of hydrogen-bond donors (Lipinski definition) is 0. The van der Waals surface area contributed by atoms with Gasteiger partial charge in [-0.05, 0) is 53.6 Å². The standard InChI is InChI=1S/C21H28O/c1-2-3-4-5-6-14-22-21-13-12-19-15-18(17-8-7-9-17)10-11-20(19)16-21/h10-13,15-17H,2-9,14H2,1H3. The molecule has 1 aliphatic rings. The smallest absolute Gasteiger partial charge is 0.119 e. The monoisotopic (exact) mass is 296 g/mol. The fourth-order valence-electron chi connectivity index (χ4n) is 3.22. The van der Waals surface area contributed by atoms with Gasteiger partial charge < -0.3 is 4.74 Å². The lowest BCUT2D eigenvalue weighted by molar-refractivity contribution is 0.305. The maximum absolute atomic E-state index is 5.90. The number of benzene rings is 2. The summed E-state index contributed by atoms with van der Waals surface area (Å²) in [5, 5.41) is 2.64. The topological polar surface area (TPSA) is 9.23 Å². The molecule has 1 heteroatoms. The molecule has 2 aromatic rings. The Bertz CT molecular complexity index is 598. The summed E-state index contributed by atoms with van der Waals surface area (Å²) in [5.41, 5.74) is 1.52. The maximum Gasteiger partial charge on any atom is 0.119 e. The quantitative estimate of drug-likeness (QED) is 0.508. The van der Waals surface area contributed by atoms with Gasteiger partial charge >= 0.3 is 0 Å². The van der Waals surface area contributed by atoms with E-state index in [0.29, 0.717) is 0 Å². The molecule has 0 heterocycles. The fourth-order valence-corrected chi connectivity index (χ4v) is 3.22. The van der Waals surface area contributed by atoms with Gasteiger partial charge in [0.05, 0.1) is 6.61 Å². The predicted molar refractivity (Wildman–Crippen MR) is 94.8 cm³/mol. The second kappa shape index (κ2) is 7.67. The van der Waals surface area contributed by atoms with Crippen LogP contribution in [0.5, 0.6) is 5.75 Å². The lowest BCUT2D eigenvalue weighted by Crippen LogP contribution is -2.08. The van der Waals surface area contributed by atoms with Gasteiger partial charge in [0.2, 0.25) is 0 Å². The van der Waals surface area contributed by atoms with Crippen molar-refractivity contribution in [2.75, 3.05) is 6.61 Å². The zero-order valence-electron chi connectivity index (χ0n) is 13.8. The molecule has 0 aromatic heterocycles. The first-order valence-electron chi connectivity index (χ1n) is 9.03. The highest BCUT2D eigenvalue weighted by Crippen LogP contribution is 2.37. The third-order valence-corrected chi connectivity index (χ3v) is 4.93. The second-order valence-electron chi connectivity index (χ2n) is 6.66. The first-order chi connectivity index (χ1) is 10.9. The lowest BCUT2D eigenvalue weighted by atomic mass is 9.79. The van der Waals surface area contributed by atoms with Crippen molar-refractivity contribution < 1.29 is 4.74 Å². The molecule has 0 spiro atoms. The third-order valence-electron chi connectivity index (χ3n) is 4.93. The zero-order valence-corrected chi connectivity index (χ0v) is 13.8. The number of fused-ring (bicyclic) bond motifs is 1. The molecule has 0 amide bonds. The fraction of sp³-hybridized carbons (Fsp3) is 0.524. The Morgan fingerprint density at radius 3 is 2.45 bits per heavy atom. The van der Waals surface area contributed by atoms with E-state index in [1.54, 1.807) is 0 Å². The van der Waals surface area contributed by atoms with E-state index in [1.165, 1.54) is 67.7 Å². The van der Waals surface area contributed by atoms with Crippen LogP contribution in [0.15, 0.2) is 36.4 Å². The molecule has 1 saturated carbocycles. The molecule has 22 heavy (non-hydrogen) atoms. The first-order valence-corrected chi connectivity index (χ1v) is 9.03. The molecule has 1 fully saturated rings. The van der Waals surface area contributed by atoms with Gasteiger partial charge in [0.25, 0.3) is 0 Å². The number of hydrogen-bond acceptors (Lipinski definition) is 1. The molecule has 118 valence electrons. The summed E-state index contributed by atoms with van der Waals surface area (Å²) >= 11 is 0. The molecule has 0 aliphatic heterocycles. The van der Waals surface area contributed by atoms with Gasteiger partial charge in [-0.15, -0.1) is 0 Å². The molecule has 0 bridgehead atoms. The SMILES string of the molecule is CCCCCCCOc1ccc2cc(C3CCC3)ccc2c1. The number of unbranched alkanes of at least 4 members (excludes halogenated alkanes) is 4. The van der Waals surface area contributed by atoms with E-state index in [4.69, 9.17) is 4.74 Å². The van der Waals surface area contributed by atoms with Crippen molar-refractivity contribution in [3.63, 3.8) is 0 Å². The Morgan fingerprint density at radius 1 is 0.909 bits per heavy atom. The second-order valence-corrected chi connectivity index (χ2v) is 6.66. The molecule has 0 unspecified atom stereocenters. The van der Waals surface area contributed by atoms with Gasteiger partial charge in [-0.2, -0.15) is 0 Å². The van der Waals surface area contributed by atoms with Crippen molar-refractivity contribution in [2.45, 2.75) is 64.2 Å². The van der Waals surface area contributed by atoms with E-state index in [1.807, 2.05) is 0 Å². The number of ether oxygens (including phenoxy) is 1. The Kier molecular flexibility index (Phi) is 5.37. The van der Waals surface area contributed by atoms with Crippen LogP contribution >= 0.6 is 0 Å². The van der Waals surface area contributed by atoms with Gasteiger partial charge in [-0.1, -0.05) is 63.3 Å². The Balaban J connectivity index is 1.56. The molecule has 2 aromatic carbocycles. The van der Waals surface area contributed by atoms with Crippen LogP contribution < -0.4 is 4.74 Å². The highest BCUT2D eigenvalue weighted by Gasteiger charge is 2.19. The van der Waals surface area contributed by atoms with Crippen LogP contribution in [0.3, 0.4) is 0 Å². The summed E-state index contributed by atoms with van der Waals surface area (Å²) in [7, 11) is 0. The van der Waals surface area contributed by atoms with E-state index in [-0.39, 0.29) is 0 Å². The van der Waals surface area contributed by atoms with Crippen LogP contribution in [0, 0.1) is 0 Å². The van der Waals surface area contributed by atoms with Crippen LogP contribution in [0.4, 0.5) is 0 Å². The summed E-state index contributed by atoms with van der Waals surface area (Å²) in [6.07, 6.45) is 10.6. The van der Waals surface area contributed by atoms with Crippen molar-refractivity contribution >= 4 is 10.8 Å². The molecule has 0 atom stereocenters. The van der Waals surface area contributed by atoms with E-state index in [2.05, 4.69) is 43.3 Å². The predicted octanol–water partition coefficient (Wildman–Crippen LogP) is 6.46. The molecular weight excluding hydrogens is 268 g/mol. The zero-order chi connectivity index (χ0) is 15.2. The van der Waals surface area contributed by atoms with E-state index in [0.717, 1.165) is 18.3 Å². The molecule has 0 saturated heterocycles. The van der Waals surface area contributed by atoms with Crippen LogP contribution in [0.25, 0.3) is 10.8 Å². The molecular formula is C21H28O. The van der Waals surface area contributed by atoms with Gasteiger partial charge in [-0.3, -0.25) is 0 Å². The van der Waals surface area contributed by atoms with E-state index in [9.17, 15) is 0 Å². The summed E-state index contributed by atoms with van der Waals surface area (Å²) in [6, 6.07) is 13.5. The van der Waals surface area contributed by atoms with Crippen molar-refractivity contribution in [2.24, 2.45) is 0 Å². The normalized spacial score (nSPS) is 15.0. The summed E-state index contributed by atoms with van der Waals surface area (Å²) in [6.45, 7) is 3.09. The highest BCUT2D eigenvalue weighted by molar-refractivity contribution is 5.84. The molecule has 0 radical (unpaired) electrons. The third kappa shape index (κ3) is 3.82. The van der Waals surface area contributed by atoms with Crippen molar-refractivity contribution in [3.8, 4) is 5.75 Å². The molecule has 3 rings (SSSR count). The minimum absolute atomic E-state index is 0.809. The van der Waals surface area contributed by atoms with Crippen LogP contribution in [0.1, 0.15) is 69.8 Å². The Morgan fingerprint density at radius 2 is 1.68 bits per heavy atom. The van der Waals surface area contributed by atoms with Crippen molar-refractivity contribution in [3.05, 3.63) is 42.0 Å². The van der Waals surface area contributed by atoms with E-state index < -0.39 is 0 Å². The molecule has 1 aliphatic carbocycles. The van der Waals surface area contributed by atoms with Crippen molar-refractivity contribution in [1.29, 1.82) is 0 Å². The van der Waals surface area contributed by atoms with Crippen molar-refractivity contribution in [1.82, 2.24) is 0 Å². The molecule has 0 N–H and O–H groups in total. The average molecular weight is 296 g/mol. The summed E-state index contributed by atoms with van der Waals surface area (Å²) in [4.78, 5) is 0.